The van der Waals surface area contributed by atoms with Crippen molar-refractivity contribution in [1.29, 1.82) is 5.41 Å². The molecule has 0 spiro atoms. The number of primary amides is 1. The van der Waals surface area contributed by atoms with Gasteiger partial charge in [-0.15, -0.1) is 0 Å². The van der Waals surface area contributed by atoms with E-state index in [-0.39, 0.29) is 11.3 Å². The second-order valence-corrected chi connectivity index (χ2v) is 4.50. The van der Waals surface area contributed by atoms with Crippen molar-refractivity contribution in [2.24, 2.45) is 5.73 Å². The lowest BCUT2D eigenvalue weighted by atomic mass is 9.94. The van der Waals surface area contributed by atoms with E-state index >= 15 is 0 Å². The second kappa shape index (κ2) is 5.10. The van der Waals surface area contributed by atoms with Crippen LogP contribution in [0.25, 0.3) is 0 Å². The number of benzene rings is 1. The van der Waals surface area contributed by atoms with Crippen molar-refractivity contribution in [3.05, 3.63) is 35.1 Å². The van der Waals surface area contributed by atoms with Gasteiger partial charge < -0.3 is 15.9 Å². The minimum atomic E-state index is -4.82. The standard InChI is InChI=1S/C12H12F4N2O2/c1-11(2,20-10(18)19)9(17)6-3-4-7(8(13)5-6)12(14,15)16/h3-5,17H,1-2H3,(H2,18,19). The Morgan fingerprint density at radius 3 is 2.25 bits per heavy atom. The summed E-state index contributed by atoms with van der Waals surface area (Å²) in [5, 5.41) is 7.77. The van der Waals surface area contributed by atoms with E-state index in [4.69, 9.17) is 11.1 Å². The topological polar surface area (TPSA) is 76.2 Å². The van der Waals surface area contributed by atoms with Gasteiger partial charge in [-0.1, -0.05) is 6.07 Å². The van der Waals surface area contributed by atoms with Crippen LogP contribution in [-0.2, 0) is 10.9 Å². The van der Waals surface area contributed by atoms with Gasteiger partial charge in [-0.05, 0) is 26.0 Å². The molecule has 1 aromatic rings. The lowest BCUT2D eigenvalue weighted by Crippen LogP contribution is -2.39. The SMILES string of the molecule is CC(C)(OC(N)=O)C(=N)c1ccc(C(F)(F)F)c(F)c1. The van der Waals surface area contributed by atoms with Crippen LogP contribution in [0.5, 0.6) is 0 Å². The summed E-state index contributed by atoms with van der Waals surface area (Å²) in [4.78, 5) is 10.7. The van der Waals surface area contributed by atoms with E-state index in [2.05, 4.69) is 4.74 Å². The highest BCUT2D eigenvalue weighted by Gasteiger charge is 2.35. The van der Waals surface area contributed by atoms with Crippen molar-refractivity contribution >= 4 is 11.8 Å². The summed E-state index contributed by atoms with van der Waals surface area (Å²) in [6.07, 6.45) is -5.96. The van der Waals surface area contributed by atoms with E-state index in [1.54, 1.807) is 0 Å². The van der Waals surface area contributed by atoms with Crippen molar-refractivity contribution in [1.82, 2.24) is 0 Å². The van der Waals surface area contributed by atoms with Gasteiger partial charge in [0.25, 0.3) is 0 Å². The van der Waals surface area contributed by atoms with Gasteiger partial charge in [-0.3, -0.25) is 0 Å². The molecule has 0 aliphatic carbocycles. The van der Waals surface area contributed by atoms with Crippen LogP contribution in [0.4, 0.5) is 22.4 Å². The molecule has 0 saturated carbocycles. The molecule has 0 aliphatic rings. The van der Waals surface area contributed by atoms with E-state index in [1.165, 1.54) is 13.8 Å². The smallest absolute Gasteiger partial charge is 0.419 e. The number of carbonyl (C=O) groups is 1. The first-order valence-corrected chi connectivity index (χ1v) is 5.40. The molecule has 0 fully saturated rings. The molecule has 3 N–H and O–H groups in total. The Kier molecular flexibility index (Phi) is 4.07. The van der Waals surface area contributed by atoms with Gasteiger partial charge in [0.05, 0.1) is 11.3 Å². The molecule has 1 aromatic carbocycles. The molecule has 1 rings (SSSR count). The first kappa shape index (κ1) is 15.9. The molecule has 0 radical (unpaired) electrons. The van der Waals surface area contributed by atoms with Crippen molar-refractivity contribution < 1.29 is 27.1 Å². The summed E-state index contributed by atoms with van der Waals surface area (Å²) in [6, 6.07) is 2.02. The molecule has 8 heteroatoms. The number of rotatable bonds is 3. The number of halogens is 4. The number of amides is 1. The van der Waals surface area contributed by atoms with E-state index in [0.717, 1.165) is 6.07 Å². The van der Waals surface area contributed by atoms with E-state index in [0.29, 0.717) is 12.1 Å². The fraction of sp³-hybridized carbons (Fsp3) is 0.333. The summed E-state index contributed by atoms with van der Waals surface area (Å²) in [5.74, 6) is -1.50. The zero-order valence-corrected chi connectivity index (χ0v) is 10.6. The number of hydrogen-bond donors (Lipinski definition) is 2. The van der Waals surface area contributed by atoms with Crippen LogP contribution < -0.4 is 5.73 Å². The van der Waals surface area contributed by atoms with Gasteiger partial charge in [0.1, 0.15) is 11.4 Å². The molecule has 0 aliphatic heterocycles. The number of nitrogens with two attached hydrogens (primary N) is 1. The largest absolute Gasteiger partial charge is 0.437 e. The first-order valence-electron chi connectivity index (χ1n) is 5.40. The number of hydrogen-bond acceptors (Lipinski definition) is 3. The Hall–Kier alpha value is -2.12. The maximum Gasteiger partial charge on any atom is 0.419 e. The normalized spacial score (nSPS) is 12.1. The van der Waals surface area contributed by atoms with E-state index < -0.39 is 29.3 Å². The van der Waals surface area contributed by atoms with Crippen LogP contribution >= 0.6 is 0 Å². The first-order chi connectivity index (χ1) is 8.95. The summed E-state index contributed by atoms with van der Waals surface area (Å²) in [5.41, 5.74) is 1.40. The molecule has 1 amide bonds. The highest BCUT2D eigenvalue weighted by molar-refractivity contribution is 6.04. The van der Waals surface area contributed by atoms with Crippen molar-refractivity contribution in [2.45, 2.75) is 25.6 Å². The van der Waals surface area contributed by atoms with Crippen molar-refractivity contribution in [3.63, 3.8) is 0 Å². The summed E-state index contributed by atoms with van der Waals surface area (Å²) < 4.78 is 55.3. The Labute approximate surface area is 112 Å². The van der Waals surface area contributed by atoms with Crippen LogP contribution in [0.3, 0.4) is 0 Å². The van der Waals surface area contributed by atoms with Crippen LogP contribution in [0.2, 0.25) is 0 Å². The predicted octanol–water partition coefficient (Wildman–Crippen LogP) is 3.09. The van der Waals surface area contributed by atoms with Crippen LogP contribution in [0, 0.1) is 11.2 Å². The maximum atomic E-state index is 13.4. The molecule has 0 saturated heterocycles. The third kappa shape index (κ3) is 3.46. The molecule has 0 aromatic heterocycles. The minimum absolute atomic E-state index is 0.137. The highest BCUT2D eigenvalue weighted by atomic mass is 19.4. The lowest BCUT2D eigenvalue weighted by Gasteiger charge is -2.25. The van der Waals surface area contributed by atoms with Gasteiger partial charge >= 0.3 is 12.3 Å². The lowest BCUT2D eigenvalue weighted by molar-refractivity contribution is -0.140. The fourth-order valence-corrected chi connectivity index (χ4v) is 1.55. The number of nitrogens with one attached hydrogen (secondary N) is 1. The van der Waals surface area contributed by atoms with E-state index in [9.17, 15) is 22.4 Å². The molecule has 0 atom stereocenters. The second-order valence-electron chi connectivity index (χ2n) is 4.50. The molecule has 4 nitrogen and oxygen atoms in total. The Morgan fingerprint density at radius 1 is 1.30 bits per heavy atom. The summed E-state index contributed by atoms with van der Waals surface area (Å²) >= 11 is 0. The average molecular weight is 292 g/mol. The Bertz CT molecular complexity index is 553. The summed E-state index contributed by atoms with van der Waals surface area (Å²) in [6.45, 7) is 2.63. The zero-order chi connectivity index (χ0) is 15.7. The molecule has 0 unspecified atom stereocenters. The molecule has 110 valence electrons. The Morgan fingerprint density at radius 2 is 1.85 bits per heavy atom. The Balaban J connectivity index is 3.14. The monoisotopic (exact) mass is 292 g/mol. The maximum absolute atomic E-state index is 13.4. The molecule has 0 bridgehead atoms. The fourth-order valence-electron chi connectivity index (χ4n) is 1.55. The van der Waals surface area contributed by atoms with Crippen LogP contribution in [0.15, 0.2) is 18.2 Å². The van der Waals surface area contributed by atoms with Gasteiger partial charge in [-0.2, -0.15) is 13.2 Å². The van der Waals surface area contributed by atoms with Crippen molar-refractivity contribution in [2.75, 3.05) is 0 Å². The van der Waals surface area contributed by atoms with Gasteiger partial charge in [0.15, 0.2) is 0 Å². The zero-order valence-electron chi connectivity index (χ0n) is 10.6. The van der Waals surface area contributed by atoms with Crippen molar-refractivity contribution in [3.8, 4) is 0 Å². The van der Waals surface area contributed by atoms with E-state index in [1.807, 2.05) is 0 Å². The molecule has 20 heavy (non-hydrogen) atoms. The number of carbonyl (C=O) groups excluding carboxylic acids is 1. The minimum Gasteiger partial charge on any atom is -0.437 e. The molecule has 0 heterocycles. The number of ether oxygens (including phenoxy) is 1. The van der Waals surface area contributed by atoms with Crippen LogP contribution in [0.1, 0.15) is 25.0 Å². The third-order valence-electron chi connectivity index (χ3n) is 2.52. The molecular formula is C12H12F4N2O2. The van der Waals surface area contributed by atoms with Gasteiger partial charge in [0, 0.05) is 5.56 Å². The predicted molar refractivity (Wildman–Crippen MR) is 63.0 cm³/mol. The summed E-state index contributed by atoms with van der Waals surface area (Å²) in [7, 11) is 0. The third-order valence-corrected chi connectivity index (χ3v) is 2.52. The highest BCUT2D eigenvalue weighted by Crippen LogP contribution is 2.32. The van der Waals surface area contributed by atoms with Crippen LogP contribution in [-0.4, -0.2) is 17.4 Å². The molecular weight excluding hydrogens is 280 g/mol. The average Bonchev–Trinajstić information content (AvgIpc) is 2.24. The van der Waals surface area contributed by atoms with Gasteiger partial charge in [0.2, 0.25) is 0 Å². The quantitative estimate of drug-likeness (QED) is 0.663. The van der Waals surface area contributed by atoms with Gasteiger partial charge in [-0.25, -0.2) is 9.18 Å². The number of alkyl halides is 3.